The van der Waals surface area contributed by atoms with Gasteiger partial charge in [-0.05, 0) is 53.7 Å². The molecule has 4 atom stereocenters. The highest BCUT2D eigenvalue weighted by Gasteiger charge is 2.51. The normalized spacial score (nSPS) is 31.1. The van der Waals surface area contributed by atoms with Gasteiger partial charge >= 0.3 is 0 Å². The Morgan fingerprint density at radius 1 is 1.18 bits per heavy atom. The summed E-state index contributed by atoms with van der Waals surface area (Å²) in [6, 6.07) is 15.1. The van der Waals surface area contributed by atoms with Crippen LogP contribution in [0.3, 0.4) is 0 Å². The molecule has 1 aromatic heterocycles. The van der Waals surface area contributed by atoms with Crippen molar-refractivity contribution in [1.82, 2.24) is 4.98 Å². The van der Waals surface area contributed by atoms with Crippen molar-refractivity contribution in [3.05, 3.63) is 88.9 Å². The van der Waals surface area contributed by atoms with Crippen molar-refractivity contribution in [2.45, 2.75) is 30.4 Å². The van der Waals surface area contributed by atoms with Crippen molar-refractivity contribution in [2.24, 2.45) is 10.4 Å². The van der Waals surface area contributed by atoms with Crippen LogP contribution in [0, 0.1) is 5.41 Å². The van der Waals surface area contributed by atoms with E-state index in [1.54, 1.807) is 4.86 Å². The average Bonchev–Trinajstić information content (AvgIpc) is 3.01. The van der Waals surface area contributed by atoms with E-state index in [0.717, 1.165) is 30.0 Å². The molecule has 5 rings (SSSR count). The fourth-order valence-corrected chi connectivity index (χ4v) is 7.98. The van der Waals surface area contributed by atoms with Crippen LogP contribution in [0.25, 0.3) is 0 Å². The van der Waals surface area contributed by atoms with Crippen molar-refractivity contribution in [3.63, 3.8) is 0 Å². The van der Waals surface area contributed by atoms with Crippen molar-refractivity contribution in [2.75, 3.05) is 6.26 Å². The zero-order valence-corrected chi connectivity index (χ0v) is 17.5. The maximum absolute atomic E-state index is 6.38. The van der Waals surface area contributed by atoms with Crippen LogP contribution < -0.4 is 0 Å². The van der Waals surface area contributed by atoms with Gasteiger partial charge in [0.2, 0.25) is 0 Å². The average molecular weight is 407 g/mol. The van der Waals surface area contributed by atoms with Gasteiger partial charge in [-0.1, -0.05) is 54.1 Å². The first-order chi connectivity index (χ1) is 13.7. The largest absolute Gasteiger partial charge is 0.264 e. The Morgan fingerprint density at radius 3 is 2.82 bits per heavy atom. The molecule has 3 aliphatic rings. The van der Waals surface area contributed by atoms with E-state index < -0.39 is 0 Å². The van der Waals surface area contributed by atoms with Gasteiger partial charge in [0.25, 0.3) is 0 Å². The maximum atomic E-state index is 6.38. The van der Waals surface area contributed by atoms with Crippen LogP contribution >= 0.6 is 22.1 Å². The van der Waals surface area contributed by atoms with E-state index >= 15 is 0 Å². The van der Waals surface area contributed by atoms with E-state index in [0.29, 0.717) is 5.25 Å². The van der Waals surface area contributed by atoms with Gasteiger partial charge in [-0.15, -0.1) is 0 Å². The lowest BCUT2D eigenvalue weighted by Crippen LogP contribution is -2.38. The third-order valence-corrected chi connectivity index (χ3v) is 9.23. The minimum Gasteiger partial charge on any atom is -0.264 e. The van der Waals surface area contributed by atoms with Crippen LogP contribution in [0.5, 0.6) is 0 Å². The second kappa shape index (κ2) is 7.13. The Balaban J connectivity index is 1.62. The molecular weight excluding hydrogens is 384 g/mol. The molecule has 0 amide bonds. The lowest BCUT2D eigenvalue weighted by molar-refractivity contribution is 0.448. The molecule has 4 unspecified atom stereocenters. The fourth-order valence-electron chi connectivity index (χ4n) is 4.98. The predicted molar refractivity (Wildman–Crippen MR) is 122 cm³/mol. The van der Waals surface area contributed by atoms with Crippen LogP contribution in [0.15, 0.2) is 82.7 Å². The third kappa shape index (κ3) is 2.92. The summed E-state index contributed by atoms with van der Waals surface area (Å²) in [6.07, 6.45) is 15.9. The van der Waals surface area contributed by atoms with Crippen molar-refractivity contribution in [1.29, 1.82) is 0 Å². The molecule has 4 heteroatoms. The first-order valence-corrected chi connectivity index (χ1v) is 11.8. The van der Waals surface area contributed by atoms with Crippen LogP contribution in [0.1, 0.15) is 29.9 Å². The number of rotatable bonds is 3. The van der Waals surface area contributed by atoms with E-state index in [9.17, 15) is 0 Å². The van der Waals surface area contributed by atoms with Gasteiger partial charge in [-0.2, -0.15) is 10.5 Å². The predicted octanol–water partition coefficient (Wildman–Crippen LogP) is 5.73. The molecule has 1 aliphatic carbocycles. The number of hydrogen-bond acceptors (Lipinski definition) is 2. The Labute approximate surface area is 174 Å². The number of allylic oxidation sites excluding steroid dienone is 4. The number of aliphatic imine (C=N–C) groups is 1. The Bertz CT molecular complexity index is 1020. The monoisotopic (exact) mass is 406 g/mol. The van der Waals surface area contributed by atoms with Crippen LogP contribution in [0.2, 0.25) is 0 Å². The Kier molecular flexibility index (Phi) is 4.60. The molecule has 0 bridgehead atoms. The molecule has 3 heterocycles. The van der Waals surface area contributed by atoms with Gasteiger partial charge in [0.05, 0.1) is 5.70 Å². The Morgan fingerprint density at radius 2 is 2.04 bits per heavy atom. The SMILES string of the molecule is CS1=C2C(c3ccccc3)C=NC3=CC(Cl)=CCC32CC1Cc1cccnc1. The quantitative estimate of drug-likeness (QED) is 0.597. The summed E-state index contributed by atoms with van der Waals surface area (Å²) < 4.78 is 0. The molecule has 142 valence electrons. The minimum absolute atomic E-state index is 0.0262. The number of aromatic nitrogens is 1. The highest BCUT2D eigenvalue weighted by molar-refractivity contribution is 8.16. The van der Waals surface area contributed by atoms with Gasteiger partial charge in [-0.3, -0.25) is 9.98 Å². The number of pyridine rings is 1. The summed E-state index contributed by atoms with van der Waals surface area (Å²) in [6.45, 7) is 0. The van der Waals surface area contributed by atoms with Gasteiger partial charge in [0.15, 0.2) is 0 Å². The maximum Gasteiger partial charge on any atom is 0.0525 e. The van der Waals surface area contributed by atoms with Gasteiger partial charge in [0.1, 0.15) is 0 Å². The molecular formula is C24H23ClN2S. The summed E-state index contributed by atoms with van der Waals surface area (Å²) >= 11 is 6.38. The molecule has 2 aromatic rings. The summed E-state index contributed by atoms with van der Waals surface area (Å²) in [5.74, 6) is 0.288. The lowest BCUT2D eigenvalue weighted by Gasteiger charge is -2.40. The topological polar surface area (TPSA) is 25.2 Å². The van der Waals surface area contributed by atoms with E-state index in [1.165, 1.54) is 11.1 Å². The number of benzene rings is 1. The lowest BCUT2D eigenvalue weighted by atomic mass is 9.66. The zero-order valence-electron chi connectivity index (χ0n) is 15.9. The van der Waals surface area contributed by atoms with Crippen molar-refractivity contribution < 1.29 is 0 Å². The highest BCUT2D eigenvalue weighted by atomic mass is 35.5. The first kappa shape index (κ1) is 18.1. The van der Waals surface area contributed by atoms with E-state index in [4.69, 9.17) is 16.6 Å². The fraction of sp³-hybridized carbons (Fsp3) is 0.292. The van der Waals surface area contributed by atoms with E-state index in [-0.39, 0.29) is 21.8 Å². The molecule has 0 saturated heterocycles. The molecule has 2 nitrogen and oxygen atoms in total. The number of halogens is 1. The minimum atomic E-state index is 0.0262. The molecule has 0 fully saturated rings. The number of hydrogen-bond donors (Lipinski definition) is 0. The van der Waals surface area contributed by atoms with Crippen LogP contribution in [0.4, 0.5) is 0 Å². The summed E-state index contributed by atoms with van der Waals surface area (Å²) in [5.41, 5.74) is 3.87. The first-order valence-electron chi connectivity index (χ1n) is 9.75. The molecule has 1 aromatic carbocycles. The molecule has 0 radical (unpaired) electrons. The summed E-state index contributed by atoms with van der Waals surface area (Å²) in [7, 11) is 0.187. The summed E-state index contributed by atoms with van der Waals surface area (Å²) in [5, 5.41) is 1.43. The van der Waals surface area contributed by atoms with Crippen molar-refractivity contribution in [3.8, 4) is 0 Å². The molecule has 0 N–H and O–H groups in total. The van der Waals surface area contributed by atoms with E-state index in [2.05, 4.69) is 66.0 Å². The molecule has 28 heavy (non-hydrogen) atoms. The van der Waals surface area contributed by atoms with Crippen LogP contribution in [-0.4, -0.2) is 27.6 Å². The molecule has 2 aliphatic heterocycles. The highest BCUT2D eigenvalue weighted by Crippen LogP contribution is 2.58. The van der Waals surface area contributed by atoms with E-state index in [1.807, 2.05) is 18.5 Å². The zero-order chi connectivity index (χ0) is 19.1. The van der Waals surface area contributed by atoms with Crippen molar-refractivity contribution >= 4 is 33.2 Å². The summed E-state index contributed by atoms with van der Waals surface area (Å²) in [4.78, 5) is 10.9. The number of nitrogens with zero attached hydrogens (tertiary/aromatic N) is 2. The van der Waals surface area contributed by atoms with Gasteiger partial charge in [0, 0.05) is 40.2 Å². The third-order valence-electron chi connectivity index (χ3n) is 6.30. The smallest absolute Gasteiger partial charge is 0.0525 e. The standard InChI is InChI=1S/C24H23ClN2S/c1-28-20(12-17-6-5-11-26-15-17)14-24-10-9-19(25)13-22(24)27-16-21(23(24)28)18-7-3-2-4-8-18/h2-9,11,13,15-16,20-21H,10,12,14H2,1H3. The molecule has 1 spiro atoms. The van der Waals surface area contributed by atoms with Gasteiger partial charge in [-0.25, -0.2) is 0 Å². The van der Waals surface area contributed by atoms with Crippen LogP contribution in [-0.2, 0) is 6.42 Å². The molecule has 0 saturated carbocycles. The second-order valence-corrected chi connectivity index (χ2v) is 10.5. The Hall–Kier alpha value is -1.97. The van der Waals surface area contributed by atoms with Gasteiger partial charge < -0.3 is 0 Å². The second-order valence-electron chi connectivity index (χ2n) is 7.88.